The molecule has 0 aromatic heterocycles. The smallest absolute Gasteiger partial charge is 0.308 e. The highest BCUT2D eigenvalue weighted by Gasteiger charge is 2.33. The molecule has 0 radical (unpaired) electrons. The van der Waals surface area contributed by atoms with Crippen molar-refractivity contribution >= 4 is 10.1 Å². The molecule has 0 heterocycles. The van der Waals surface area contributed by atoms with Crippen molar-refractivity contribution in [3.63, 3.8) is 0 Å². The molecule has 0 unspecified atom stereocenters. The van der Waals surface area contributed by atoms with Gasteiger partial charge in [-0.15, -0.1) is 0 Å². The molecule has 2 aromatic rings. The minimum absolute atomic E-state index is 0.0624. The van der Waals surface area contributed by atoms with Crippen molar-refractivity contribution in [2.45, 2.75) is 84.2 Å². The molecule has 0 bridgehead atoms. The van der Waals surface area contributed by atoms with Crippen molar-refractivity contribution in [3.05, 3.63) is 58.7 Å². The van der Waals surface area contributed by atoms with Gasteiger partial charge in [-0.1, -0.05) is 51.0 Å². The molecule has 6 heteroatoms. The van der Waals surface area contributed by atoms with Gasteiger partial charge in [0.05, 0.1) is 11.4 Å². The first kappa shape index (κ1) is 25.6. The highest BCUT2D eigenvalue weighted by Crippen LogP contribution is 2.42. The zero-order chi connectivity index (χ0) is 24.3. The van der Waals surface area contributed by atoms with Crippen molar-refractivity contribution < 1.29 is 22.4 Å². The zero-order valence-electron chi connectivity index (χ0n) is 20.6. The van der Waals surface area contributed by atoms with Gasteiger partial charge in [-0.25, -0.2) is 0 Å². The Hall–Kier alpha value is -2.05. The topological polar surface area (TPSA) is 72.8 Å². The lowest BCUT2D eigenvalue weighted by Crippen LogP contribution is -2.32. The predicted octanol–water partition coefficient (Wildman–Crippen LogP) is 5.82. The Balaban J connectivity index is 1.89. The minimum Gasteiger partial charge on any atom is -0.490 e. The highest BCUT2D eigenvalue weighted by molar-refractivity contribution is 7.87. The Morgan fingerprint density at radius 2 is 1.42 bits per heavy atom. The standard InChI is InChI=1S/C27H38O5S/c1-6-27(7-2,23-12-14-25(21(5)18-23)32-33(29,30)8-3)22-11-13-24(20(4)17-22)31-19-26(28)15-9-10-16-26/h11-14,17-18,28H,6-10,15-16,19H2,1-5H3. The fourth-order valence-electron chi connectivity index (χ4n) is 4.97. The first-order valence-corrected chi connectivity index (χ1v) is 13.7. The lowest BCUT2D eigenvalue weighted by atomic mass is 9.70. The van der Waals surface area contributed by atoms with Crippen LogP contribution in [0.25, 0.3) is 0 Å². The maximum Gasteiger partial charge on any atom is 0.308 e. The summed E-state index contributed by atoms with van der Waals surface area (Å²) < 4.78 is 35.1. The summed E-state index contributed by atoms with van der Waals surface area (Å²) in [7, 11) is -3.56. The van der Waals surface area contributed by atoms with Crippen LogP contribution in [-0.2, 0) is 15.5 Å². The van der Waals surface area contributed by atoms with Crippen molar-refractivity contribution in [2.75, 3.05) is 12.4 Å². The van der Waals surface area contributed by atoms with Gasteiger partial charge in [0.25, 0.3) is 0 Å². The third-order valence-electron chi connectivity index (χ3n) is 7.26. The molecule has 0 spiro atoms. The third kappa shape index (κ3) is 5.55. The van der Waals surface area contributed by atoms with Gasteiger partial charge < -0.3 is 14.0 Å². The van der Waals surface area contributed by atoms with Crippen LogP contribution in [-0.4, -0.2) is 31.5 Å². The first-order valence-electron chi connectivity index (χ1n) is 12.1. The average molecular weight is 475 g/mol. The summed E-state index contributed by atoms with van der Waals surface area (Å²) in [5.41, 5.74) is 3.28. The Bertz CT molecular complexity index is 1060. The van der Waals surface area contributed by atoms with E-state index in [-0.39, 0.29) is 11.2 Å². The molecule has 1 aliphatic carbocycles. The summed E-state index contributed by atoms with van der Waals surface area (Å²) in [5, 5.41) is 10.6. The van der Waals surface area contributed by atoms with E-state index < -0.39 is 15.7 Å². The maximum atomic E-state index is 11.9. The molecule has 3 rings (SSSR count). The third-order valence-corrected chi connectivity index (χ3v) is 8.40. The number of hydrogen-bond donors (Lipinski definition) is 1. The van der Waals surface area contributed by atoms with Gasteiger partial charge >= 0.3 is 10.1 Å². The van der Waals surface area contributed by atoms with Crippen molar-refractivity contribution in [3.8, 4) is 11.5 Å². The van der Waals surface area contributed by atoms with Gasteiger partial charge in [0, 0.05) is 5.41 Å². The van der Waals surface area contributed by atoms with E-state index in [0.29, 0.717) is 12.4 Å². The molecule has 33 heavy (non-hydrogen) atoms. The van der Waals surface area contributed by atoms with Gasteiger partial charge in [0.15, 0.2) is 0 Å². The van der Waals surface area contributed by atoms with Gasteiger partial charge in [0.1, 0.15) is 18.1 Å². The fraction of sp³-hybridized carbons (Fsp3) is 0.556. The SMILES string of the molecule is CCC(CC)(c1ccc(OCC2(O)CCCC2)c(C)c1)c1ccc(OS(=O)(=O)CC)c(C)c1. The number of ether oxygens (including phenoxy) is 1. The van der Waals surface area contributed by atoms with Gasteiger partial charge in [-0.3, -0.25) is 0 Å². The number of hydrogen-bond acceptors (Lipinski definition) is 5. The quantitative estimate of drug-likeness (QED) is 0.439. The number of rotatable bonds is 10. The molecule has 0 saturated heterocycles. The molecular weight excluding hydrogens is 436 g/mol. The van der Waals surface area contributed by atoms with E-state index in [1.54, 1.807) is 13.0 Å². The van der Waals surface area contributed by atoms with Crippen LogP contribution in [0.5, 0.6) is 11.5 Å². The zero-order valence-corrected chi connectivity index (χ0v) is 21.4. The lowest BCUT2D eigenvalue weighted by Gasteiger charge is -2.34. The molecule has 0 amide bonds. The van der Waals surface area contributed by atoms with Crippen LogP contribution in [0.2, 0.25) is 0 Å². The fourth-order valence-corrected chi connectivity index (χ4v) is 5.55. The highest BCUT2D eigenvalue weighted by atomic mass is 32.2. The summed E-state index contributed by atoms with van der Waals surface area (Å²) in [4.78, 5) is 0. The van der Waals surface area contributed by atoms with Crippen molar-refractivity contribution in [1.82, 2.24) is 0 Å². The monoisotopic (exact) mass is 474 g/mol. The average Bonchev–Trinajstić information content (AvgIpc) is 3.22. The molecule has 0 atom stereocenters. The van der Waals surface area contributed by atoms with E-state index in [2.05, 4.69) is 26.0 Å². The Morgan fingerprint density at radius 1 is 0.909 bits per heavy atom. The maximum absolute atomic E-state index is 11.9. The van der Waals surface area contributed by atoms with Gasteiger partial charge in [-0.05, 0) is 80.8 Å². The van der Waals surface area contributed by atoms with E-state index in [9.17, 15) is 13.5 Å². The van der Waals surface area contributed by atoms with Crippen LogP contribution >= 0.6 is 0 Å². The summed E-state index contributed by atoms with van der Waals surface area (Å²) in [6.07, 6.45) is 5.52. The van der Waals surface area contributed by atoms with E-state index in [1.807, 2.05) is 32.0 Å². The molecular formula is C27H38O5S. The largest absolute Gasteiger partial charge is 0.490 e. The number of aliphatic hydroxyl groups is 1. The first-order chi connectivity index (χ1) is 15.6. The summed E-state index contributed by atoms with van der Waals surface area (Å²) in [6, 6.07) is 12.1. The Morgan fingerprint density at radius 3 is 1.88 bits per heavy atom. The second kappa shape index (κ2) is 10.1. The summed E-state index contributed by atoms with van der Waals surface area (Å²) >= 11 is 0. The van der Waals surface area contributed by atoms with Crippen LogP contribution in [0.1, 0.15) is 81.5 Å². The van der Waals surface area contributed by atoms with Crippen LogP contribution in [0, 0.1) is 13.8 Å². The predicted molar refractivity (Wildman–Crippen MR) is 133 cm³/mol. The molecule has 5 nitrogen and oxygen atoms in total. The van der Waals surface area contributed by atoms with Gasteiger partial charge in [-0.2, -0.15) is 8.42 Å². The second-order valence-corrected chi connectivity index (χ2v) is 11.3. The normalized spacial score (nSPS) is 16.1. The molecule has 0 aliphatic heterocycles. The van der Waals surface area contributed by atoms with Crippen molar-refractivity contribution in [2.24, 2.45) is 0 Å². The van der Waals surface area contributed by atoms with Crippen LogP contribution in [0.3, 0.4) is 0 Å². The Labute approximate surface area is 199 Å². The summed E-state index contributed by atoms with van der Waals surface area (Å²) in [5.74, 6) is 1.13. The molecule has 1 fully saturated rings. The van der Waals surface area contributed by atoms with Crippen molar-refractivity contribution in [1.29, 1.82) is 0 Å². The van der Waals surface area contributed by atoms with Crippen LogP contribution in [0.4, 0.5) is 0 Å². The van der Waals surface area contributed by atoms with Gasteiger partial charge in [0.2, 0.25) is 0 Å². The molecule has 2 aromatic carbocycles. The summed E-state index contributed by atoms with van der Waals surface area (Å²) in [6.45, 7) is 10.2. The lowest BCUT2D eigenvalue weighted by molar-refractivity contribution is 0.00121. The molecule has 182 valence electrons. The molecule has 1 saturated carbocycles. The van der Waals surface area contributed by atoms with Crippen LogP contribution < -0.4 is 8.92 Å². The molecule has 1 N–H and O–H groups in total. The van der Waals surface area contributed by atoms with E-state index in [1.165, 1.54) is 5.56 Å². The van der Waals surface area contributed by atoms with E-state index in [4.69, 9.17) is 8.92 Å². The molecule has 1 aliphatic rings. The number of benzene rings is 2. The number of aryl methyl sites for hydroxylation is 2. The Kier molecular flexibility index (Phi) is 7.80. The van der Waals surface area contributed by atoms with E-state index in [0.717, 1.165) is 61.0 Å². The van der Waals surface area contributed by atoms with E-state index >= 15 is 0 Å². The second-order valence-electron chi connectivity index (χ2n) is 9.40. The van der Waals surface area contributed by atoms with Crippen LogP contribution in [0.15, 0.2) is 36.4 Å². The minimum atomic E-state index is -3.56.